The van der Waals surface area contributed by atoms with Gasteiger partial charge in [0.2, 0.25) is 5.13 Å². The van der Waals surface area contributed by atoms with E-state index in [1.165, 1.54) is 0 Å². The normalized spacial score (nSPS) is 19.6. The van der Waals surface area contributed by atoms with E-state index in [0.717, 1.165) is 96.6 Å². The molecule has 2 aliphatic rings. The van der Waals surface area contributed by atoms with E-state index in [1.807, 2.05) is 35.4 Å². The summed E-state index contributed by atoms with van der Waals surface area (Å²) in [5.74, 6) is 1.43. The Hall–Kier alpha value is -4.24. The number of fused-ring (bicyclic) bond motifs is 3. The lowest BCUT2D eigenvalue weighted by Gasteiger charge is -2.39. The average molecular weight is 655 g/mol. The minimum absolute atomic E-state index is 0.0979. The number of nitriles is 1. The number of rotatable bonds is 12. The second-order valence-corrected chi connectivity index (χ2v) is 14.4. The molecule has 47 heavy (non-hydrogen) atoms. The maximum Gasteiger partial charge on any atom is 0.317 e. The molecular weight excluding hydrogens is 609 g/mol. The standard InChI is InChI=1S/C35H46N10OS/c1-6-13-43(14-12-23(5)7-2)34(46)40-32-25-8-9-26(32)21-44(20-25)35-42-41-33(47-35)28-19-37-30(16-29(28)39-22(3)4)31-11-10-27-15-24(17-36)18-38-45(27)31/h10-11,15-16,18-19,22-23,25-26,32H,6-9,12-14,20-21H2,1-5H3,(H,37,39)(H,40,46)/t23?,25-,26?,32?/m0/s1. The summed E-state index contributed by atoms with van der Waals surface area (Å²) in [4.78, 5) is 22.6. The number of urea groups is 1. The molecule has 11 nitrogen and oxygen atoms in total. The number of carbonyl (C=O) groups is 1. The van der Waals surface area contributed by atoms with Gasteiger partial charge in [-0.3, -0.25) is 4.98 Å². The van der Waals surface area contributed by atoms with Crippen LogP contribution in [-0.4, -0.2) is 74.0 Å². The first-order valence-electron chi connectivity index (χ1n) is 17.1. The van der Waals surface area contributed by atoms with Crippen molar-refractivity contribution >= 4 is 33.7 Å². The van der Waals surface area contributed by atoms with Gasteiger partial charge in [0.25, 0.3) is 0 Å². The Bertz CT molecular complexity index is 1730. The highest BCUT2D eigenvalue weighted by Crippen LogP contribution is 2.41. The van der Waals surface area contributed by atoms with Gasteiger partial charge in [-0.2, -0.15) is 10.4 Å². The number of nitrogens with zero attached hydrogens (tertiary/aromatic N) is 8. The molecule has 2 N–H and O–H groups in total. The number of anilines is 2. The summed E-state index contributed by atoms with van der Waals surface area (Å²) in [6, 6.07) is 10.4. The number of piperidine rings is 1. The molecule has 2 amide bonds. The quantitative estimate of drug-likeness (QED) is 0.173. The second-order valence-electron chi connectivity index (χ2n) is 13.5. The second kappa shape index (κ2) is 14.3. The molecule has 1 saturated heterocycles. The first-order chi connectivity index (χ1) is 22.8. The zero-order valence-corrected chi connectivity index (χ0v) is 28.9. The highest BCUT2D eigenvalue weighted by Gasteiger charge is 2.44. The van der Waals surface area contributed by atoms with Crippen molar-refractivity contribution in [1.29, 1.82) is 5.26 Å². The third kappa shape index (κ3) is 7.05. The highest BCUT2D eigenvalue weighted by atomic mass is 32.1. The smallest absolute Gasteiger partial charge is 0.317 e. The van der Waals surface area contributed by atoms with Crippen molar-refractivity contribution in [3.8, 4) is 28.0 Å². The Labute approximate surface area is 281 Å². The van der Waals surface area contributed by atoms with Gasteiger partial charge in [0.05, 0.1) is 34.2 Å². The lowest BCUT2D eigenvalue weighted by atomic mass is 9.92. The molecule has 4 atom stereocenters. The van der Waals surface area contributed by atoms with Crippen LogP contribution >= 0.6 is 11.3 Å². The Morgan fingerprint density at radius 2 is 1.89 bits per heavy atom. The molecular formula is C35H46N10OS. The average Bonchev–Trinajstić information content (AvgIpc) is 3.78. The third-order valence-electron chi connectivity index (χ3n) is 9.65. The van der Waals surface area contributed by atoms with Gasteiger partial charge in [-0.25, -0.2) is 9.31 Å². The summed E-state index contributed by atoms with van der Waals surface area (Å²) in [7, 11) is 0. The molecule has 12 heteroatoms. The lowest BCUT2D eigenvalue weighted by Crippen LogP contribution is -2.55. The van der Waals surface area contributed by atoms with Crippen molar-refractivity contribution in [1.82, 2.24) is 35.0 Å². The fourth-order valence-corrected chi connectivity index (χ4v) is 7.80. The maximum atomic E-state index is 13.4. The van der Waals surface area contributed by atoms with E-state index in [0.29, 0.717) is 23.3 Å². The fourth-order valence-electron chi connectivity index (χ4n) is 6.92. The van der Waals surface area contributed by atoms with Crippen LogP contribution in [0.15, 0.2) is 36.7 Å². The molecule has 1 saturated carbocycles. The Kier molecular flexibility index (Phi) is 9.92. The molecule has 5 heterocycles. The monoisotopic (exact) mass is 654 g/mol. The third-order valence-corrected chi connectivity index (χ3v) is 10.7. The van der Waals surface area contributed by atoms with E-state index >= 15 is 0 Å². The van der Waals surface area contributed by atoms with Crippen LogP contribution in [0.2, 0.25) is 0 Å². The van der Waals surface area contributed by atoms with Gasteiger partial charge in [-0.05, 0) is 81.5 Å². The summed E-state index contributed by atoms with van der Waals surface area (Å²) in [6.07, 6.45) is 8.83. The van der Waals surface area contributed by atoms with Gasteiger partial charge in [0.1, 0.15) is 6.07 Å². The van der Waals surface area contributed by atoms with E-state index in [4.69, 9.17) is 4.98 Å². The molecule has 6 rings (SSSR count). The SMILES string of the molecule is CCCN(CCC(C)CC)C(=O)NC1C2CC[C@H]1CN(c1nnc(-c3cnc(-c4ccc5cc(C#N)cnn45)cc3NC(C)C)s1)C2. The molecule has 1 aliphatic carbocycles. The summed E-state index contributed by atoms with van der Waals surface area (Å²) in [6.45, 7) is 14.2. The number of hydrogen-bond donors (Lipinski definition) is 2. The number of hydrogen-bond acceptors (Lipinski definition) is 9. The number of pyridine rings is 1. The van der Waals surface area contributed by atoms with Crippen LogP contribution in [0.4, 0.5) is 15.6 Å². The summed E-state index contributed by atoms with van der Waals surface area (Å²) < 4.78 is 1.81. The fraction of sp³-hybridized carbons (Fsp3) is 0.543. The molecule has 0 radical (unpaired) electrons. The Morgan fingerprint density at radius 1 is 1.11 bits per heavy atom. The van der Waals surface area contributed by atoms with Crippen molar-refractivity contribution < 1.29 is 4.79 Å². The predicted octanol–water partition coefficient (Wildman–Crippen LogP) is 6.68. The van der Waals surface area contributed by atoms with Crippen LogP contribution in [0.25, 0.3) is 27.5 Å². The van der Waals surface area contributed by atoms with Crippen LogP contribution in [0.5, 0.6) is 0 Å². The van der Waals surface area contributed by atoms with Gasteiger partial charge in [0, 0.05) is 50.1 Å². The number of nitrogens with one attached hydrogen (secondary N) is 2. The maximum absolute atomic E-state index is 13.4. The Balaban J connectivity index is 1.17. The van der Waals surface area contributed by atoms with Crippen LogP contribution < -0.4 is 15.5 Å². The predicted molar refractivity (Wildman–Crippen MR) is 187 cm³/mol. The summed E-state index contributed by atoms with van der Waals surface area (Å²) in [5, 5.41) is 31.8. The van der Waals surface area contributed by atoms with E-state index in [1.54, 1.807) is 22.0 Å². The molecule has 4 aromatic rings. The lowest BCUT2D eigenvalue weighted by molar-refractivity contribution is 0.179. The molecule has 4 aromatic heterocycles. The van der Waals surface area contributed by atoms with E-state index in [-0.39, 0.29) is 18.1 Å². The largest absolute Gasteiger partial charge is 0.382 e. The van der Waals surface area contributed by atoms with Crippen molar-refractivity contribution in [2.24, 2.45) is 17.8 Å². The van der Waals surface area contributed by atoms with E-state index < -0.39 is 0 Å². The summed E-state index contributed by atoms with van der Waals surface area (Å²) >= 11 is 1.59. The Morgan fingerprint density at radius 3 is 2.60 bits per heavy atom. The number of aromatic nitrogens is 5. The van der Waals surface area contributed by atoms with Gasteiger partial charge in [-0.15, -0.1) is 10.2 Å². The van der Waals surface area contributed by atoms with Crippen LogP contribution in [-0.2, 0) is 0 Å². The van der Waals surface area contributed by atoms with Crippen molar-refractivity contribution in [3.05, 3.63) is 42.2 Å². The molecule has 1 aliphatic heterocycles. The molecule has 0 spiro atoms. The van der Waals surface area contributed by atoms with Gasteiger partial charge in [0.15, 0.2) is 5.01 Å². The summed E-state index contributed by atoms with van der Waals surface area (Å²) in [5.41, 5.74) is 4.83. The van der Waals surface area contributed by atoms with Crippen molar-refractivity contribution in [3.63, 3.8) is 0 Å². The van der Waals surface area contributed by atoms with E-state index in [9.17, 15) is 10.1 Å². The molecule has 248 valence electrons. The van der Waals surface area contributed by atoms with Crippen LogP contribution in [0.3, 0.4) is 0 Å². The van der Waals surface area contributed by atoms with E-state index in [2.05, 4.69) is 71.5 Å². The minimum atomic E-state index is 0.0979. The minimum Gasteiger partial charge on any atom is -0.382 e. The number of carbonyl (C=O) groups excluding carboxylic acids is 1. The molecule has 2 bridgehead atoms. The zero-order valence-electron chi connectivity index (χ0n) is 28.1. The first-order valence-corrected chi connectivity index (χ1v) is 17.9. The first kappa shape index (κ1) is 32.7. The van der Waals surface area contributed by atoms with Crippen LogP contribution in [0.1, 0.15) is 72.3 Å². The van der Waals surface area contributed by atoms with Crippen molar-refractivity contribution in [2.75, 3.05) is 36.4 Å². The van der Waals surface area contributed by atoms with Crippen LogP contribution in [0, 0.1) is 29.1 Å². The van der Waals surface area contributed by atoms with Crippen molar-refractivity contribution in [2.45, 2.75) is 78.8 Å². The van der Waals surface area contributed by atoms with Gasteiger partial charge >= 0.3 is 6.03 Å². The molecule has 3 unspecified atom stereocenters. The topological polar surface area (TPSA) is 127 Å². The highest BCUT2D eigenvalue weighted by molar-refractivity contribution is 7.18. The molecule has 0 aromatic carbocycles. The van der Waals surface area contributed by atoms with Gasteiger partial charge < -0.3 is 20.4 Å². The van der Waals surface area contributed by atoms with Gasteiger partial charge in [-0.1, -0.05) is 38.5 Å². The zero-order chi connectivity index (χ0) is 33.1. The number of amides is 2. The molecule has 2 fully saturated rings.